The van der Waals surface area contributed by atoms with Crippen molar-refractivity contribution in [1.82, 2.24) is 20.5 Å². The minimum absolute atomic E-state index is 0.0228. The van der Waals surface area contributed by atoms with Crippen molar-refractivity contribution in [2.45, 2.75) is 111 Å². The third-order valence-corrected chi connectivity index (χ3v) is 9.19. The third kappa shape index (κ3) is 7.90. The van der Waals surface area contributed by atoms with Crippen LogP contribution in [0, 0.1) is 11.3 Å². The number of ether oxygens (including phenoxy) is 4. The number of methoxy groups -OCH3 is 1. The summed E-state index contributed by atoms with van der Waals surface area (Å²) in [6, 6.07) is 3.11. The fraction of sp³-hybridized carbons (Fsp3) is 0.629. The molecule has 1 aromatic carbocycles. The minimum Gasteiger partial charge on any atom is -0.495 e. The molecule has 5 atom stereocenters. The number of rotatable bonds is 11. The molecule has 2 aromatic rings. The molecule has 4 rings (SSSR count). The normalized spacial score (nSPS) is 22.9. The van der Waals surface area contributed by atoms with Crippen LogP contribution in [0.2, 0.25) is 5.02 Å². The van der Waals surface area contributed by atoms with Crippen LogP contribution in [0.15, 0.2) is 18.2 Å². The van der Waals surface area contributed by atoms with Gasteiger partial charge in [-0.2, -0.15) is 0 Å². The minimum atomic E-state index is -1.04. The summed E-state index contributed by atoms with van der Waals surface area (Å²) in [5.41, 5.74) is -2.08. The first-order valence-electron chi connectivity index (χ1n) is 16.4. The quantitative estimate of drug-likeness (QED) is 0.314. The molecule has 0 unspecified atom stereocenters. The molecule has 1 saturated carbocycles. The number of carbonyl (C=O) groups is 4. The van der Waals surface area contributed by atoms with Crippen molar-refractivity contribution in [2.24, 2.45) is 11.3 Å². The van der Waals surface area contributed by atoms with Crippen LogP contribution in [0.4, 0.5) is 4.79 Å². The largest absolute Gasteiger partial charge is 0.495 e. The highest BCUT2D eigenvalue weighted by atomic mass is 35.5. The van der Waals surface area contributed by atoms with Gasteiger partial charge in [0.25, 0.3) is 0 Å². The summed E-state index contributed by atoms with van der Waals surface area (Å²) in [5, 5.41) is 6.61. The zero-order valence-corrected chi connectivity index (χ0v) is 30.4. The lowest BCUT2D eigenvalue weighted by atomic mass is 9.85. The van der Waals surface area contributed by atoms with Crippen molar-refractivity contribution in [2.75, 3.05) is 20.3 Å². The number of carbonyl (C=O) groups excluding carboxylic acids is 4. The maximum Gasteiger partial charge on any atom is 0.408 e. The molecule has 1 saturated heterocycles. The van der Waals surface area contributed by atoms with E-state index < -0.39 is 52.7 Å². The number of halogens is 1. The average molecular weight is 689 g/mol. The summed E-state index contributed by atoms with van der Waals surface area (Å²) >= 11 is 6.63. The molecule has 0 bridgehead atoms. The van der Waals surface area contributed by atoms with Gasteiger partial charge in [0.2, 0.25) is 17.7 Å². The van der Waals surface area contributed by atoms with E-state index in [2.05, 4.69) is 15.6 Å². The van der Waals surface area contributed by atoms with Crippen LogP contribution >= 0.6 is 11.6 Å². The Labute approximate surface area is 287 Å². The lowest BCUT2D eigenvalue weighted by molar-refractivity contribution is -0.142. The Kier molecular flexibility index (Phi) is 10.8. The molecular weight excluding hydrogens is 640 g/mol. The van der Waals surface area contributed by atoms with E-state index in [-0.39, 0.29) is 35.6 Å². The summed E-state index contributed by atoms with van der Waals surface area (Å²) < 4.78 is 23.1. The number of likely N-dealkylation sites (tertiary alicyclic amines) is 1. The molecule has 264 valence electrons. The number of pyridine rings is 1. The molecule has 1 aliphatic carbocycles. The molecule has 0 spiro atoms. The molecule has 3 amide bonds. The number of amides is 3. The molecular formula is C35H49ClN4O8. The van der Waals surface area contributed by atoms with Gasteiger partial charge in [-0.05, 0) is 64.5 Å². The Morgan fingerprint density at radius 2 is 1.79 bits per heavy atom. The summed E-state index contributed by atoms with van der Waals surface area (Å²) in [6.07, 6.45) is 0.00618. The molecule has 2 aliphatic rings. The van der Waals surface area contributed by atoms with Crippen LogP contribution in [-0.2, 0) is 19.1 Å². The number of Topliss-reactive ketones (excluding diaryl/α,β-unsaturated/α-hetero) is 1. The molecule has 2 fully saturated rings. The van der Waals surface area contributed by atoms with Crippen molar-refractivity contribution in [3.8, 4) is 17.4 Å². The lowest BCUT2D eigenvalue weighted by Crippen LogP contribution is -2.59. The molecule has 1 aromatic heterocycles. The molecule has 1 aliphatic heterocycles. The van der Waals surface area contributed by atoms with E-state index in [1.165, 1.54) is 18.9 Å². The van der Waals surface area contributed by atoms with Crippen LogP contribution < -0.4 is 24.8 Å². The lowest BCUT2D eigenvalue weighted by Gasteiger charge is -2.36. The summed E-state index contributed by atoms with van der Waals surface area (Å²) in [7, 11) is 1.51. The zero-order valence-electron chi connectivity index (χ0n) is 29.6. The van der Waals surface area contributed by atoms with Gasteiger partial charge in [0.15, 0.2) is 5.78 Å². The maximum absolute atomic E-state index is 14.4. The van der Waals surface area contributed by atoms with E-state index in [4.69, 9.17) is 30.5 Å². The second-order valence-corrected chi connectivity index (χ2v) is 15.0. The van der Waals surface area contributed by atoms with E-state index in [1.807, 2.05) is 34.6 Å². The van der Waals surface area contributed by atoms with Crippen molar-refractivity contribution in [1.29, 1.82) is 0 Å². The van der Waals surface area contributed by atoms with Crippen LogP contribution in [-0.4, -0.2) is 83.2 Å². The highest BCUT2D eigenvalue weighted by Gasteiger charge is 2.59. The first kappa shape index (κ1) is 37.0. The van der Waals surface area contributed by atoms with E-state index in [0.717, 1.165) is 6.42 Å². The fourth-order valence-corrected chi connectivity index (χ4v) is 6.54. The molecule has 12 nitrogen and oxygen atoms in total. The Morgan fingerprint density at radius 3 is 2.33 bits per heavy atom. The molecule has 0 radical (unpaired) electrons. The van der Waals surface area contributed by atoms with Gasteiger partial charge in [-0.15, -0.1) is 0 Å². The number of hydrogen-bond donors (Lipinski definition) is 2. The number of alkyl carbamates (subject to hydrolysis) is 1. The van der Waals surface area contributed by atoms with Crippen LogP contribution in [0.5, 0.6) is 17.4 Å². The zero-order chi connectivity index (χ0) is 35.8. The molecule has 2 N–H and O–H groups in total. The van der Waals surface area contributed by atoms with Gasteiger partial charge in [-0.25, -0.2) is 9.78 Å². The predicted octanol–water partition coefficient (Wildman–Crippen LogP) is 5.46. The summed E-state index contributed by atoms with van der Waals surface area (Å²) in [4.78, 5) is 60.0. The maximum atomic E-state index is 14.4. The highest BCUT2D eigenvalue weighted by molar-refractivity contribution is 6.36. The number of ketones is 1. The summed E-state index contributed by atoms with van der Waals surface area (Å²) in [5.74, 6) is 0.0987. The Hall–Kier alpha value is -3.80. The van der Waals surface area contributed by atoms with Crippen LogP contribution in [0.25, 0.3) is 10.9 Å². The first-order chi connectivity index (χ1) is 22.3. The topological polar surface area (TPSA) is 145 Å². The Balaban J connectivity index is 1.71. The SMILES string of the molecule is CCOc1cc(O[C@@H]2C[C@@H](C(=O)N[C@]3(C(C)=O)C[C@H]3CC)N(C(=O)[C@@H](NC(=O)OC(C)(C)C)C(C)(C)C)C2)c2ccc(OC)c(Cl)c2n1. The predicted molar refractivity (Wildman–Crippen MR) is 182 cm³/mol. The second kappa shape index (κ2) is 14.0. The van der Waals surface area contributed by atoms with Gasteiger partial charge >= 0.3 is 6.09 Å². The second-order valence-electron chi connectivity index (χ2n) is 14.6. The number of nitrogens with one attached hydrogen (secondary N) is 2. The van der Waals surface area contributed by atoms with E-state index in [1.54, 1.807) is 39.0 Å². The van der Waals surface area contributed by atoms with Crippen molar-refractivity contribution in [3.05, 3.63) is 23.2 Å². The van der Waals surface area contributed by atoms with E-state index in [9.17, 15) is 19.2 Å². The first-order valence-corrected chi connectivity index (χ1v) is 16.8. The Morgan fingerprint density at radius 1 is 1.10 bits per heavy atom. The van der Waals surface area contributed by atoms with Crippen molar-refractivity contribution < 1.29 is 38.1 Å². The number of hydrogen-bond acceptors (Lipinski definition) is 9. The van der Waals surface area contributed by atoms with Gasteiger partial charge in [0, 0.05) is 17.9 Å². The van der Waals surface area contributed by atoms with E-state index >= 15 is 0 Å². The van der Waals surface area contributed by atoms with Crippen molar-refractivity contribution in [3.63, 3.8) is 0 Å². The van der Waals surface area contributed by atoms with Crippen LogP contribution in [0.3, 0.4) is 0 Å². The third-order valence-electron chi connectivity index (χ3n) is 8.82. The van der Waals surface area contributed by atoms with Gasteiger partial charge in [-0.3, -0.25) is 14.4 Å². The van der Waals surface area contributed by atoms with Gasteiger partial charge in [-0.1, -0.05) is 45.7 Å². The number of benzene rings is 1. The fourth-order valence-electron chi connectivity index (χ4n) is 6.26. The number of fused-ring (bicyclic) bond motifs is 1. The standard InChI is InChI=1S/C35H49ClN4O8/c1-11-20-17-35(20,19(3)41)39-30(42)23-15-21(18-40(23)31(43)29(33(4,5)6)38-32(44)48-34(7,8)9)47-25-16-26(46-12-2)37-28-22(25)13-14-24(45-10)27(28)36/h13-14,16,20-21,23,29H,11-12,15,17-18H2,1-10H3,(H,38,44)(H,39,42)/t20-,21-,23+,29-,35+/m1/s1. The summed E-state index contributed by atoms with van der Waals surface area (Å²) in [6.45, 7) is 16.3. The average Bonchev–Trinajstić information content (AvgIpc) is 3.54. The van der Waals surface area contributed by atoms with Gasteiger partial charge in [0.05, 0.1) is 20.3 Å². The molecule has 13 heteroatoms. The van der Waals surface area contributed by atoms with Crippen LogP contribution in [0.1, 0.15) is 81.6 Å². The number of aromatic nitrogens is 1. The monoisotopic (exact) mass is 688 g/mol. The highest BCUT2D eigenvalue weighted by Crippen LogP contribution is 2.47. The van der Waals surface area contributed by atoms with Gasteiger partial charge < -0.3 is 34.5 Å². The Bertz CT molecular complexity index is 1570. The van der Waals surface area contributed by atoms with E-state index in [0.29, 0.717) is 35.4 Å². The van der Waals surface area contributed by atoms with Gasteiger partial charge in [0.1, 0.15) is 51.4 Å². The molecule has 2 heterocycles. The molecule has 48 heavy (non-hydrogen) atoms. The van der Waals surface area contributed by atoms with Crippen molar-refractivity contribution >= 4 is 46.2 Å². The smallest absolute Gasteiger partial charge is 0.408 e. The number of nitrogens with zero attached hydrogens (tertiary/aromatic N) is 2.